The van der Waals surface area contributed by atoms with E-state index in [1.54, 1.807) is 26.8 Å². The predicted molar refractivity (Wildman–Crippen MR) is 128 cm³/mol. The molecular weight excluding hydrogens is 443 g/mol. The highest BCUT2D eigenvalue weighted by Crippen LogP contribution is 2.33. The molecule has 8 nitrogen and oxygen atoms in total. The molecule has 0 amide bonds. The van der Waals surface area contributed by atoms with Gasteiger partial charge in [0.15, 0.2) is 11.4 Å². The molecule has 9 heteroatoms. The minimum Gasteiger partial charge on any atom is -0.493 e. The number of hydrogen-bond acceptors (Lipinski definition) is 7. The van der Waals surface area contributed by atoms with Gasteiger partial charge in [-0.1, -0.05) is 19.9 Å². The van der Waals surface area contributed by atoms with Gasteiger partial charge in [0.2, 0.25) is 5.76 Å². The largest absolute Gasteiger partial charge is 0.493 e. The highest BCUT2D eigenvalue weighted by atomic mass is 19.1. The van der Waals surface area contributed by atoms with E-state index in [1.165, 1.54) is 32.2 Å². The summed E-state index contributed by atoms with van der Waals surface area (Å²) in [6.07, 6.45) is 0.876. The average molecular weight is 475 g/mol. The summed E-state index contributed by atoms with van der Waals surface area (Å²) in [5.41, 5.74) is 0.470. The third kappa shape index (κ3) is 5.35. The highest BCUT2D eigenvalue weighted by Gasteiger charge is 2.31. The molecule has 0 radical (unpaired) electrons. The van der Waals surface area contributed by atoms with E-state index >= 15 is 0 Å². The van der Waals surface area contributed by atoms with Crippen molar-refractivity contribution in [2.75, 3.05) is 7.11 Å². The fourth-order valence-corrected chi connectivity index (χ4v) is 4.09. The van der Waals surface area contributed by atoms with E-state index < -0.39 is 29.4 Å². The number of carbonyl (C=O) groups is 1. The van der Waals surface area contributed by atoms with Crippen molar-refractivity contribution in [2.45, 2.75) is 59.6 Å². The number of aryl methyl sites for hydroxylation is 1. The smallest absolute Gasteiger partial charge is 0.423 e. The van der Waals surface area contributed by atoms with E-state index in [-0.39, 0.29) is 34.9 Å². The van der Waals surface area contributed by atoms with E-state index in [0.717, 1.165) is 11.1 Å². The van der Waals surface area contributed by atoms with Crippen LogP contribution in [-0.2, 0) is 14.3 Å². The van der Waals surface area contributed by atoms with Crippen LogP contribution in [-0.4, -0.2) is 30.5 Å². The van der Waals surface area contributed by atoms with E-state index in [1.807, 2.05) is 13.8 Å². The van der Waals surface area contributed by atoms with Gasteiger partial charge in [0.05, 0.1) is 7.11 Å². The second kappa shape index (κ2) is 11.1. The fraction of sp³-hybridized carbons (Fsp3) is 0.440. The Balaban J connectivity index is 2.42. The molecule has 0 N–H and O–H groups in total. The van der Waals surface area contributed by atoms with Crippen molar-refractivity contribution in [1.82, 2.24) is 4.57 Å². The number of allylic oxidation sites excluding steroid dienone is 1. The van der Waals surface area contributed by atoms with Gasteiger partial charge >= 0.3 is 11.7 Å². The van der Waals surface area contributed by atoms with E-state index in [2.05, 4.69) is 11.7 Å². The lowest BCUT2D eigenvalue weighted by Crippen LogP contribution is -2.40. The lowest BCUT2D eigenvalue weighted by atomic mass is 9.82. The Morgan fingerprint density at radius 1 is 1.24 bits per heavy atom. The molecule has 2 aromatic rings. The van der Waals surface area contributed by atoms with Crippen molar-refractivity contribution in [3.8, 4) is 0 Å². The maximum absolute atomic E-state index is 13.6. The third-order valence-electron chi connectivity index (χ3n) is 5.73. The first kappa shape index (κ1) is 26.8. The van der Waals surface area contributed by atoms with Crippen LogP contribution < -0.4 is 11.3 Å². The van der Waals surface area contributed by atoms with Gasteiger partial charge in [-0.15, -0.1) is 0 Å². The van der Waals surface area contributed by atoms with Gasteiger partial charge in [-0.25, -0.2) is 18.5 Å². The number of benzene rings is 1. The van der Waals surface area contributed by atoms with Gasteiger partial charge in [0, 0.05) is 5.92 Å². The Labute approximate surface area is 197 Å². The van der Waals surface area contributed by atoms with Crippen molar-refractivity contribution in [2.24, 2.45) is 10.9 Å². The van der Waals surface area contributed by atoms with Gasteiger partial charge in [0.25, 0.3) is 5.56 Å². The molecule has 0 saturated heterocycles. The van der Waals surface area contributed by atoms with Crippen LogP contribution in [0.25, 0.3) is 5.76 Å². The molecule has 0 spiro atoms. The Kier molecular flexibility index (Phi) is 8.73. The summed E-state index contributed by atoms with van der Waals surface area (Å²) in [7, 11) is 1.35. The minimum absolute atomic E-state index is 0.0548. The van der Waals surface area contributed by atoms with Gasteiger partial charge in [-0.05, 0) is 69.7 Å². The fourth-order valence-electron chi connectivity index (χ4n) is 4.09. The Hall–Kier alpha value is -3.49. The topological polar surface area (TPSA) is 100 Å². The van der Waals surface area contributed by atoms with Crippen molar-refractivity contribution in [3.63, 3.8) is 0 Å². The van der Waals surface area contributed by atoms with E-state index in [9.17, 15) is 18.8 Å². The summed E-state index contributed by atoms with van der Waals surface area (Å²) < 4.78 is 30.3. The first-order valence-electron chi connectivity index (χ1n) is 10.9. The predicted octanol–water partition coefficient (Wildman–Crippen LogP) is 4.52. The minimum atomic E-state index is -1.29. The molecule has 0 fully saturated rings. The van der Waals surface area contributed by atoms with Gasteiger partial charge in [-0.2, -0.15) is 0 Å². The number of halogens is 1. The number of rotatable bonds is 9. The van der Waals surface area contributed by atoms with E-state index in [4.69, 9.17) is 13.9 Å². The maximum Gasteiger partial charge on any atom is 0.423 e. The van der Waals surface area contributed by atoms with Gasteiger partial charge < -0.3 is 13.9 Å². The molecular formula is C25H31FN2O6. The number of esters is 1. The number of hydrogen-bond donors (Lipinski definition) is 0. The first-order valence-corrected chi connectivity index (χ1v) is 10.9. The van der Waals surface area contributed by atoms with Crippen LogP contribution in [0.5, 0.6) is 0 Å². The number of carbonyl (C=O) groups excluding carboxylic acids is 1. The monoisotopic (exact) mass is 474 g/mol. The molecule has 2 rings (SSSR count). The molecule has 1 heterocycles. The van der Waals surface area contributed by atoms with Crippen molar-refractivity contribution in [1.29, 1.82) is 0 Å². The summed E-state index contributed by atoms with van der Waals surface area (Å²) in [4.78, 5) is 42.3. The average Bonchev–Trinajstić information content (AvgIpc) is 2.76. The Bertz CT molecular complexity index is 1210. The zero-order valence-electron chi connectivity index (χ0n) is 20.5. The molecule has 34 heavy (non-hydrogen) atoms. The molecule has 0 aliphatic carbocycles. The lowest BCUT2D eigenvalue weighted by molar-refractivity contribution is -0.153. The molecule has 1 aromatic carbocycles. The summed E-state index contributed by atoms with van der Waals surface area (Å²) >= 11 is 0. The molecule has 0 unspecified atom stereocenters. The first-order chi connectivity index (χ1) is 16.0. The van der Waals surface area contributed by atoms with Crippen LogP contribution in [0.15, 0.2) is 43.3 Å². The van der Waals surface area contributed by atoms with Crippen LogP contribution in [0.3, 0.4) is 0 Å². The van der Waals surface area contributed by atoms with Crippen LogP contribution >= 0.6 is 0 Å². The van der Waals surface area contributed by atoms with Crippen LogP contribution in [0.1, 0.15) is 63.5 Å². The lowest BCUT2D eigenvalue weighted by Gasteiger charge is -2.30. The second-order valence-electron chi connectivity index (χ2n) is 8.32. The summed E-state index contributed by atoms with van der Waals surface area (Å²) in [6, 6.07) is 3.18. The normalized spacial score (nSPS) is 14.4. The number of aromatic nitrogens is 1. The van der Waals surface area contributed by atoms with Crippen LogP contribution in [0.2, 0.25) is 0 Å². The van der Waals surface area contributed by atoms with Crippen molar-refractivity contribution < 1.29 is 23.1 Å². The molecule has 0 aliphatic heterocycles. The number of ether oxygens (including phenoxy) is 2. The van der Waals surface area contributed by atoms with Crippen LogP contribution in [0, 0.1) is 18.7 Å². The third-order valence-corrected chi connectivity index (χ3v) is 5.73. The maximum atomic E-state index is 13.6. The summed E-state index contributed by atoms with van der Waals surface area (Å²) in [5.74, 6) is -2.44. The zero-order chi connectivity index (χ0) is 25.7. The van der Waals surface area contributed by atoms with Crippen LogP contribution in [0.4, 0.5) is 10.1 Å². The second-order valence-corrected chi connectivity index (χ2v) is 8.32. The number of nitrogens with zero attached hydrogens (tertiary/aromatic N) is 2. The Morgan fingerprint density at radius 3 is 2.38 bits per heavy atom. The Morgan fingerprint density at radius 2 is 1.88 bits per heavy atom. The molecule has 3 atom stereocenters. The zero-order valence-corrected chi connectivity index (χ0v) is 20.5. The van der Waals surface area contributed by atoms with Crippen molar-refractivity contribution >= 4 is 24.1 Å². The molecule has 184 valence electrons. The molecule has 0 saturated carbocycles. The van der Waals surface area contributed by atoms with Gasteiger partial charge in [0.1, 0.15) is 18.0 Å². The number of aliphatic imine (C=N–C) groups is 1. The SMILES string of the molecule is C=Nc1c(/C(=C\C)OC)oc(=O)n([C@@H](C)C(=O)O[C@@H](C)[C@H](c2ccc(F)cc2C)C(C)C)c1=O. The standard InChI is InChI=1S/C25H31FN2O6/c1-9-19(32-8)22-21(27-7)23(29)28(25(31)34-22)15(5)24(30)33-16(6)20(13(2)3)18-11-10-17(26)12-14(18)4/h9-13,15-16,20H,7H2,1-6,8H3/b19-9+/t15-,16-,20+/m0/s1. The van der Waals surface area contributed by atoms with Gasteiger partial charge in [-0.3, -0.25) is 9.79 Å². The molecule has 0 aliphatic rings. The summed E-state index contributed by atoms with van der Waals surface area (Å²) in [6.45, 7) is 13.8. The molecule has 0 bridgehead atoms. The highest BCUT2D eigenvalue weighted by molar-refractivity contribution is 5.74. The number of methoxy groups -OCH3 is 1. The summed E-state index contributed by atoms with van der Waals surface area (Å²) in [5, 5.41) is 0. The quantitative estimate of drug-likeness (QED) is 0.301. The van der Waals surface area contributed by atoms with E-state index in [0.29, 0.717) is 4.57 Å². The molecule has 1 aromatic heterocycles. The van der Waals surface area contributed by atoms with Crippen molar-refractivity contribution in [3.05, 3.63) is 67.9 Å².